The van der Waals surface area contributed by atoms with Gasteiger partial charge in [-0.25, -0.2) is 9.97 Å². The molecule has 3 rings (SSSR count). The van der Waals surface area contributed by atoms with Crippen LogP contribution in [0.25, 0.3) is 0 Å². The van der Waals surface area contributed by atoms with E-state index in [1.165, 1.54) is 11.1 Å². The largest absolute Gasteiger partial charge is 0.340 e. The summed E-state index contributed by atoms with van der Waals surface area (Å²) < 4.78 is 1.06. The second kappa shape index (κ2) is 5.50. The van der Waals surface area contributed by atoms with E-state index in [-0.39, 0.29) is 0 Å². The van der Waals surface area contributed by atoms with E-state index in [9.17, 15) is 0 Å². The van der Waals surface area contributed by atoms with Gasteiger partial charge in [0, 0.05) is 35.2 Å². The van der Waals surface area contributed by atoms with Gasteiger partial charge in [0.1, 0.15) is 11.6 Å². The normalized spacial score (nSPS) is 13.9. The standard InChI is InChI=1S/C15H17BrN4/c1-9-3-4-11(16)7-14(9)20-15-12-8-17-6-5-13(12)18-10(2)19-15/h3-4,7,17H,5-6,8H2,1-2H3,(H,18,19,20). The van der Waals surface area contributed by atoms with Crippen molar-refractivity contribution in [2.75, 3.05) is 11.9 Å². The number of nitrogens with zero attached hydrogens (tertiary/aromatic N) is 2. The highest BCUT2D eigenvalue weighted by Gasteiger charge is 2.17. The second-order valence-electron chi connectivity index (χ2n) is 5.06. The zero-order chi connectivity index (χ0) is 14.1. The Morgan fingerprint density at radius 3 is 2.95 bits per heavy atom. The Labute approximate surface area is 127 Å². The molecule has 104 valence electrons. The van der Waals surface area contributed by atoms with Crippen LogP contribution in [0.2, 0.25) is 0 Å². The van der Waals surface area contributed by atoms with Gasteiger partial charge in [0.25, 0.3) is 0 Å². The lowest BCUT2D eigenvalue weighted by atomic mass is 10.1. The molecule has 1 aliphatic rings. The highest BCUT2D eigenvalue weighted by atomic mass is 79.9. The van der Waals surface area contributed by atoms with Gasteiger partial charge in [-0.05, 0) is 31.5 Å². The fraction of sp³-hybridized carbons (Fsp3) is 0.333. The maximum absolute atomic E-state index is 4.58. The summed E-state index contributed by atoms with van der Waals surface area (Å²) in [6, 6.07) is 6.21. The molecule has 0 unspecified atom stereocenters. The molecule has 0 saturated heterocycles. The molecule has 2 heterocycles. The molecular formula is C15H17BrN4. The summed E-state index contributed by atoms with van der Waals surface area (Å²) in [5.74, 6) is 1.74. The van der Waals surface area contributed by atoms with Gasteiger partial charge in [-0.2, -0.15) is 0 Å². The van der Waals surface area contributed by atoms with Crippen LogP contribution in [0.1, 0.15) is 22.6 Å². The van der Waals surface area contributed by atoms with Crippen molar-refractivity contribution in [3.8, 4) is 0 Å². The third-order valence-electron chi connectivity index (χ3n) is 3.50. The van der Waals surface area contributed by atoms with Crippen molar-refractivity contribution in [1.29, 1.82) is 0 Å². The van der Waals surface area contributed by atoms with E-state index >= 15 is 0 Å². The number of halogens is 1. The topological polar surface area (TPSA) is 49.8 Å². The zero-order valence-electron chi connectivity index (χ0n) is 11.6. The fourth-order valence-electron chi connectivity index (χ4n) is 2.43. The van der Waals surface area contributed by atoms with E-state index in [0.717, 1.165) is 47.0 Å². The monoisotopic (exact) mass is 332 g/mol. The molecule has 0 saturated carbocycles. The van der Waals surface area contributed by atoms with Crippen LogP contribution in [0.4, 0.5) is 11.5 Å². The van der Waals surface area contributed by atoms with Crippen LogP contribution in [0.15, 0.2) is 22.7 Å². The summed E-state index contributed by atoms with van der Waals surface area (Å²) in [7, 11) is 0. The van der Waals surface area contributed by atoms with E-state index in [0.29, 0.717) is 0 Å². The Morgan fingerprint density at radius 1 is 1.25 bits per heavy atom. The van der Waals surface area contributed by atoms with Crippen LogP contribution in [0.3, 0.4) is 0 Å². The number of benzene rings is 1. The lowest BCUT2D eigenvalue weighted by Crippen LogP contribution is -2.26. The van der Waals surface area contributed by atoms with Crippen LogP contribution in [0, 0.1) is 13.8 Å². The first-order valence-corrected chi connectivity index (χ1v) is 7.53. The lowest BCUT2D eigenvalue weighted by Gasteiger charge is -2.20. The summed E-state index contributed by atoms with van der Waals surface area (Å²) in [5, 5.41) is 6.84. The minimum Gasteiger partial charge on any atom is -0.340 e. The summed E-state index contributed by atoms with van der Waals surface area (Å²) in [4.78, 5) is 9.13. The number of rotatable bonds is 2. The SMILES string of the molecule is Cc1nc2c(c(Nc3cc(Br)ccc3C)n1)CNCC2. The van der Waals surface area contributed by atoms with Crippen LogP contribution in [-0.2, 0) is 13.0 Å². The van der Waals surface area contributed by atoms with Gasteiger partial charge in [0.05, 0.1) is 5.69 Å². The molecule has 20 heavy (non-hydrogen) atoms. The average Bonchev–Trinajstić information content (AvgIpc) is 2.43. The van der Waals surface area contributed by atoms with Crippen LogP contribution < -0.4 is 10.6 Å². The summed E-state index contributed by atoms with van der Waals surface area (Å²) in [6.07, 6.45) is 0.963. The van der Waals surface area contributed by atoms with Gasteiger partial charge in [-0.15, -0.1) is 0 Å². The molecule has 0 amide bonds. The van der Waals surface area contributed by atoms with E-state index < -0.39 is 0 Å². The Morgan fingerprint density at radius 2 is 2.10 bits per heavy atom. The van der Waals surface area contributed by atoms with Crippen molar-refractivity contribution >= 4 is 27.4 Å². The van der Waals surface area contributed by atoms with Crippen molar-refractivity contribution in [1.82, 2.24) is 15.3 Å². The molecule has 5 heteroatoms. The molecule has 4 nitrogen and oxygen atoms in total. The smallest absolute Gasteiger partial charge is 0.138 e. The van der Waals surface area contributed by atoms with Crippen molar-refractivity contribution in [2.45, 2.75) is 26.8 Å². The Bertz CT molecular complexity index is 655. The molecule has 2 N–H and O–H groups in total. The third kappa shape index (κ3) is 2.69. The minimum atomic E-state index is 0.820. The number of anilines is 2. The summed E-state index contributed by atoms with van der Waals surface area (Å²) >= 11 is 3.51. The van der Waals surface area contributed by atoms with Gasteiger partial charge in [-0.1, -0.05) is 22.0 Å². The van der Waals surface area contributed by atoms with Gasteiger partial charge in [-0.3, -0.25) is 0 Å². The zero-order valence-corrected chi connectivity index (χ0v) is 13.2. The molecular weight excluding hydrogens is 316 g/mol. The maximum Gasteiger partial charge on any atom is 0.138 e. The Hall–Kier alpha value is -1.46. The molecule has 1 aromatic carbocycles. The first kappa shape index (κ1) is 13.5. The molecule has 0 radical (unpaired) electrons. The third-order valence-corrected chi connectivity index (χ3v) is 3.99. The van der Waals surface area contributed by atoms with E-state index in [1.54, 1.807) is 0 Å². The molecule has 0 aliphatic carbocycles. The molecule has 1 aliphatic heterocycles. The molecule has 1 aromatic heterocycles. The fourth-order valence-corrected chi connectivity index (χ4v) is 2.79. The number of aryl methyl sites for hydroxylation is 2. The maximum atomic E-state index is 4.58. The average molecular weight is 333 g/mol. The van der Waals surface area contributed by atoms with E-state index in [1.807, 2.05) is 13.0 Å². The quantitative estimate of drug-likeness (QED) is 0.886. The lowest BCUT2D eigenvalue weighted by molar-refractivity contribution is 0.625. The van der Waals surface area contributed by atoms with E-state index in [2.05, 4.69) is 55.6 Å². The number of aromatic nitrogens is 2. The number of fused-ring (bicyclic) bond motifs is 1. The highest BCUT2D eigenvalue weighted by Crippen LogP contribution is 2.27. The van der Waals surface area contributed by atoms with Crippen molar-refractivity contribution in [3.05, 3.63) is 45.3 Å². The molecule has 0 spiro atoms. The minimum absolute atomic E-state index is 0.820. The molecule has 0 bridgehead atoms. The van der Waals surface area contributed by atoms with Crippen molar-refractivity contribution < 1.29 is 0 Å². The first-order chi connectivity index (χ1) is 9.63. The first-order valence-electron chi connectivity index (χ1n) is 6.74. The van der Waals surface area contributed by atoms with Crippen LogP contribution in [-0.4, -0.2) is 16.5 Å². The Kier molecular flexibility index (Phi) is 3.72. The molecule has 0 atom stereocenters. The predicted molar refractivity (Wildman–Crippen MR) is 84.3 cm³/mol. The predicted octanol–water partition coefficient (Wildman–Crippen LogP) is 3.25. The Balaban J connectivity index is 2.02. The van der Waals surface area contributed by atoms with Crippen LogP contribution >= 0.6 is 15.9 Å². The second-order valence-corrected chi connectivity index (χ2v) is 5.97. The number of nitrogens with one attached hydrogen (secondary N) is 2. The van der Waals surface area contributed by atoms with Crippen molar-refractivity contribution in [3.63, 3.8) is 0 Å². The molecule has 0 fully saturated rings. The van der Waals surface area contributed by atoms with Gasteiger partial charge >= 0.3 is 0 Å². The van der Waals surface area contributed by atoms with Gasteiger partial charge in [0.2, 0.25) is 0 Å². The number of hydrogen-bond donors (Lipinski definition) is 2. The van der Waals surface area contributed by atoms with Crippen LogP contribution in [0.5, 0.6) is 0 Å². The van der Waals surface area contributed by atoms with Crippen molar-refractivity contribution in [2.24, 2.45) is 0 Å². The molecule has 2 aromatic rings. The van der Waals surface area contributed by atoms with Gasteiger partial charge < -0.3 is 10.6 Å². The highest BCUT2D eigenvalue weighted by molar-refractivity contribution is 9.10. The number of hydrogen-bond acceptors (Lipinski definition) is 4. The summed E-state index contributed by atoms with van der Waals surface area (Å²) in [5.41, 5.74) is 4.61. The van der Waals surface area contributed by atoms with Gasteiger partial charge in [0.15, 0.2) is 0 Å². The summed E-state index contributed by atoms with van der Waals surface area (Å²) in [6.45, 7) is 5.85. The van der Waals surface area contributed by atoms with E-state index in [4.69, 9.17) is 0 Å².